The van der Waals surface area contributed by atoms with Crippen LogP contribution in [0.2, 0.25) is 0 Å². The van der Waals surface area contributed by atoms with Gasteiger partial charge in [-0.2, -0.15) is 5.10 Å². The number of phenolic OH excluding ortho intramolecular Hbond substituents is 1. The van der Waals surface area contributed by atoms with Crippen LogP contribution in [0.3, 0.4) is 0 Å². The molecule has 3 nitrogen and oxygen atoms in total. The lowest BCUT2D eigenvalue weighted by molar-refractivity contribution is 0.466. The van der Waals surface area contributed by atoms with E-state index in [1.54, 1.807) is 6.20 Å². The van der Waals surface area contributed by atoms with E-state index in [4.69, 9.17) is 0 Å². The highest BCUT2D eigenvalue weighted by atomic mass is 19.1. The molecule has 0 aliphatic carbocycles. The maximum Gasteiger partial charge on any atom is 0.131 e. The van der Waals surface area contributed by atoms with E-state index >= 15 is 0 Å². The lowest BCUT2D eigenvalue weighted by Crippen LogP contribution is -1.88. The highest BCUT2D eigenvalue weighted by Gasteiger charge is 2.10. The Hall–Kier alpha value is -1.84. The first kappa shape index (κ1) is 9.71. The summed E-state index contributed by atoms with van der Waals surface area (Å²) in [5, 5.41) is 16.0. The minimum Gasteiger partial charge on any atom is -0.508 e. The number of H-pyrrole nitrogens is 1. The van der Waals surface area contributed by atoms with Crippen LogP contribution >= 0.6 is 0 Å². The predicted octanol–water partition coefficient (Wildman–Crippen LogP) is 2.48. The fraction of sp³-hybridized carbons (Fsp3) is 0.182. The Morgan fingerprint density at radius 1 is 1.47 bits per heavy atom. The summed E-state index contributed by atoms with van der Waals surface area (Å²) in [6, 6.07) is 2.79. The lowest BCUT2D eigenvalue weighted by atomic mass is 10.0. The lowest BCUT2D eigenvalue weighted by Gasteiger charge is -2.05. The number of hydrogen-bond donors (Lipinski definition) is 2. The van der Waals surface area contributed by atoms with E-state index in [0.29, 0.717) is 23.1 Å². The predicted molar refractivity (Wildman–Crippen MR) is 55.0 cm³/mol. The molecule has 0 atom stereocenters. The molecule has 0 spiro atoms. The molecule has 0 bridgehead atoms. The fourth-order valence-electron chi connectivity index (χ4n) is 1.51. The first-order valence-electron chi connectivity index (χ1n) is 4.73. The Bertz CT molecular complexity index is 466. The largest absolute Gasteiger partial charge is 0.508 e. The molecule has 2 N–H and O–H groups in total. The number of aromatic nitrogens is 2. The van der Waals surface area contributed by atoms with E-state index in [-0.39, 0.29) is 11.6 Å². The molecule has 0 saturated heterocycles. The van der Waals surface area contributed by atoms with Crippen LogP contribution < -0.4 is 0 Å². The maximum atomic E-state index is 13.6. The molecule has 0 amide bonds. The van der Waals surface area contributed by atoms with Crippen molar-refractivity contribution in [2.24, 2.45) is 0 Å². The van der Waals surface area contributed by atoms with Gasteiger partial charge in [0.25, 0.3) is 0 Å². The van der Waals surface area contributed by atoms with Crippen LogP contribution in [-0.4, -0.2) is 15.3 Å². The molecule has 2 rings (SSSR count). The average Bonchev–Trinajstić information content (AvgIpc) is 2.74. The molecule has 0 aliphatic rings. The summed E-state index contributed by atoms with van der Waals surface area (Å²) in [6.07, 6.45) is 3.71. The summed E-state index contributed by atoms with van der Waals surface area (Å²) in [5.74, 6) is -0.221. The third-order valence-corrected chi connectivity index (χ3v) is 2.36. The normalized spacial score (nSPS) is 10.5. The van der Waals surface area contributed by atoms with Crippen LogP contribution in [0.4, 0.5) is 4.39 Å². The summed E-state index contributed by atoms with van der Waals surface area (Å²) >= 11 is 0. The van der Waals surface area contributed by atoms with Gasteiger partial charge < -0.3 is 5.11 Å². The molecule has 0 unspecified atom stereocenters. The molecule has 15 heavy (non-hydrogen) atoms. The van der Waals surface area contributed by atoms with E-state index in [1.807, 2.05) is 6.92 Å². The van der Waals surface area contributed by atoms with Crippen molar-refractivity contribution in [3.05, 3.63) is 35.9 Å². The van der Waals surface area contributed by atoms with Crippen molar-refractivity contribution in [1.82, 2.24) is 10.2 Å². The number of halogens is 1. The Kier molecular flexibility index (Phi) is 2.41. The third kappa shape index (κ3) is 1.70. The van der Waals surface area contributed by atoms with Crippen molar-refractivity contribution in [2.75, 3.05) is 0 Å². The van der Waals surface area contributed by atoms with Crippen LogP contribution in [0.25, 0.3) is 11.1 Å². The first-order valence-corrected chi connectivity index (χ1v) is 4.73. The first-order chi connectivity index (χ1) is 7.22. The summed E-state index contributed by atoms with van der Waals surface area (Å²) in [6.45, 7) is 1.87. The standard InChI is InChI=1S/C11H11FN2O/c1-2-7-3-10(12)9(4-11(7)15)8-5-13-14-6-8/h3-6,15H,2H2,1H3,(H,13,14). The van der Waals surface area contributed by atoms with Crippen molar-refractivity contribution in [3.63, 3.8) is 0 Å². The van der Waals surface area contributed by atoms with Crippen molar-refractivity contribution >= 4 is 0 Å². The van der Waals surface area contributed by atoms with Gasteiger partial charge in [0.05, 0.1) is 6.20 Å². The zero-order valence-electron chi connectivity index (χ0n) is 8.29. The summed E-state index contributed by atoms with van der Waals surface area (Å²) < 4.78 is 13.6. The minimum absolute atomic E-state index is 0.120. The van der Waals surface area contributed by atoms with E-state index < -0.39 is 0 Å². The second-order valence-corrected chi connectivity index (χ2v) is 3.30. The van der Waals surface area contributed by atoms with Gasteiger partial charge in [-0.3, -0.25) is 5.10 Å². The molecular weight excluding hydrogens is 195 g/mol. The number of rotatable bonds is 2. The van der Waals surface area contributed by atoms with Gasteiger partial charge in [-0.1, -0.05) is 6.92 Å². The number of nitrogens with one attached hydrogen (secondary N) is 1. The smallest absolute Gasteiger partial charge is 0.131 e. The molecular formula is C11H11FN2O. The van der Waals surface area contributed by atoms with Gasteiger partial charge in [0, 0.05) is 17.3 Å². The van der Waals surface area contributed by atoms with Gasteiger partial charge in [-0.15, -0.1) is 0 Å². The summed E-state index contributed by atoms with van der Waals surface area (Å²) in [4.78, 5) is 0. The zero-order chi connectivity index (χ0) is 10.8. The minimum atomic E-state index is -0.342. The van der Waals surface area contributed by atoms with Crippen LogP contribution in [-0.2, 0) is 6.42 Å². The molecule has 1 heterocycles. The number of aryl methyl sites for hydroxylation is 1. The SMILES string of the molecule is CCc1cc(F)c(-c2cn[nH]c2)cc1O. The quantitative estimate of drug-likeness (QED) is 0.793. The molecule has 1 aromatic heterocycles. The van der Waals surface area contributed by atoms with Gasteiger partial charge in [0.15, 0.2) is 0 Å². The Morgan fingerprint density at radius 3 is 2.87 bits per heavy atom. The van der Waals surface area contributed by atoms with Crippen LogP contribution in [0.1, 0.15) is 12.5 Å². The van der Waals surface area contributed by atoms with Crippen LogP contribution in [0.5, 0.6) is 5.75 Å². The number of nitrogens with zero attached hydrogens (tertiary/aromatic N) is 1. The highest BCUT2D eigenvalue weighted by Crippen LogP contribution is 2.29. The number of aromatic hydroxyl groups is 1. The van der Waals surface area contributed by atoms with Crippen molar-refractivity contribution in [3.8, 4) is 16.9 Å². The third-order valence-electron chi connectivity index (χ3n) is 2.36. The highest BCUT2D eigenvalue weighted by molar-refractivity contribution is 5.65. The van der Waals surface area contributed by atoms with Crippen molar-refractivity contribution in [1.29, 1.82) is 0 Å². The second kappa shape index (κ2) is 3.73. The van der Waals surface area contributed by atoms with Crippen LogP contribution in [0, 0.1) is 5.82 Å². The molecule has 1 aromatic carbocycles. The maximum absolute atomic E-state index is 13.6. The van der Waals surface area contributed by atoms with Gasteiger partial charge in [-0.05, 0) is 24.1 Å². The van der Waals surface area contributed by atoms with Gasteiger partial charge in [-0.25, -0.2) is 4.39 Å². The fourth-order valence-corrected chi connectivity index (χ4v) is 1.51. The number of hydrogen-bond acceptors (Lipinski definition) is 2. The zero-order valence-corrected chi connectivity index (χ0v) is 8.29. The Morgan fingerprint density at radius 2 is 2.27 bits per heavy atom. The Labute approximate surface area is 86.6 Å². The number of phenols is 1. The number of aromatic amines is 1. The second-order valence-electron chi connectivity index (χ2n) is 3.30. The monoisotopic (exact) mass is 206 g/mol. The summed E-state index contributed by atoms with van der Waals surface area (Å²) in [7, 11) is 0. The van der Waals surface area contributed by atoms with Crippen LogP contribution in [0.15, 0.2) is 24.5 Å². The molecule has 0 fully saturated rings. The Balaban J connectivity index is 2.55. The average molecular weight is 206 g/mol. The summed E-state index contributed by atoms with van der Waals surface area (Å²) in [5.41, 5.74) is 1.60. The van der Waals surface area contributed by atoms with E-state index in [2.05, 4.69) is 10.2 Å². The number of benzene rings is 1. The molecule has 2 aromatic rings. The van der Waals surface area contributed by atoms with Gasteiger partial charge >= 0.3 is 0 Å². The molecule has 0 aliphatic heterocycles. The molecule has 0 saturated carbocycles. The van der Waals surface area contributed by atoms with Crippen molar-refractivity contribution in [2.45, 2.75) is 13.3 Å². The molecule has 0 radical (unpaired) electrons. The van der Waals surface area contributed by atoms with E-state index in [9.17, 15) is 9.50 Å². The van der Waals surface area contributed by atoms with Gasteiger partial charge in [0.2, 0.25) is 0 Å². The van der Waals surface area contributed by atoms with E-state index in [1.165, 1.54) is 18.3 Å². The topological polar surface area (TPSA) is 48.9 Å². The molecule has 78 valence electrons. The molecule has 4 heteroatoms. The van der Waals surface area contributed by atoms with Crippen molar-refractivity contribution < 1.29 is 9.50 Å². The van der Waals surface area contributed by atoms with E-state index in [0.717, 1.165) is 0 Å². The van der Waals surface area contributed by atoms with Gasteiger partial charge in [0.1, 0.15) is 11.6 Å².